The van der Waals surface area contributed by atoms with Crippen molar-refractivity contribution in [3.63, 3.8) is 0 Å². The van der Waals surface area contributed by atoms with E-state index in [0.717, 1.165) is 13.1 Å². The maximum absolute atomic E-state index is 6.11. The SMILES string of the molecule is CN(C)c1ccc(CN=C(N)N2CCCCCC2)cc1.I. The number of anilines is 1. The molecule has 2 rings (SSSR count). The van der Waals surface area contributed by atoms with Gasteiger partial charge in [0, 0.05) is 32.9 Å². The Labute approximate surface area is 145 Å². The fraction of sp³-hybridized carbons (Fsp3) is 0.562. The van der Waals surface area contributed by atoms with Gasteiger partial charge in [-0.15, -0.1) is 24.0 Å². The predicted molar refractivity (Wildman–Crippen MR) is 102 cm³/mol. The summed E-state index contributed by atoms with van der Waals surface area (Å²) in [5, 5.41) is 0. The molecule has 0 aliphatic carbocycles. The van der Waals surface area contributed by atoms with E-state index < -0.39 is 0 Å². The van der Waals surface area contributed by atoms with Gasteiger partial charge in [0.2, 0.25) is 0 Å². The molecule has 4 nitrogen and oxygen atoms in total. The number of halogens is 1. The minimum Gasteiger partial charge on any atom is -0.378 e. The zero-order valence-electron chi connectivity index (χ0n) is 13.1. The van der Waals surface area contributed by atoms with E-state index in [0.29, 0.717) is 12.5 Å². The van der Waals surface area contributed by atoms with Gasteiger partial charge < -0.3 is 15.5 Å². The van der Waals surface area contributed by atoms with Crippen molar-refractivity contribution >= 4 is 35.6 Å². The van der Waals surface area contributed by atoms with Crippen LogP contribution in [0, 0.1) is 0 Å². The molecule has 118 valence electrons. The van der Waals surface area contributed by atoms with E-state index in [2.05, 4.69) is 39.1 Å². The minimum absolute atomic E-state index is 0. The molecule has 0 aromatic heterocycles. The smallest absolute Gasteiger partial charge is 0.191 e. The fourth-order valence-electron chi connectivity index (χ4n) is 2.47. The third-order valence-corrected chi connectivity index (χ3v) is 3.81. The second-order valence-electron chi connectivity index (χ2n) is 5.64. The molecule has 0 unspecified atom stereocenters. The van der Waals surface area contributed by atoms with Crippen LogP contribution in [0.3, 0.4) is 0 Å². The highest BCUT2D eigenvalue weighted by molar-refractivity contribution is 14.0. The summed E-state index contributed by atoms with van der Waals surface area (Å²) in [7, 11) is 4.09. The monoisotopic (exact) mass is 402 g/mol. The molecular formula is C16H27IN4. The van der Waals surface area contributed by atoms with Crippen molar-refractivity contribution in [2.24, 2.45) is 10.7 Å². The normalized spacial score (nSPS) is 16.1. The van der Waals surface area contributed by atoms with Crippen molar-refractivity contribution in [2.75, 3.05) is 32.1 Å². The Kier molecular flexibility index (Phi) is 7.85. The Morgan fingerprint density at radius 3 is 2.19 bits per heavy atom. The summed E-state index contributed by atoms with van der Waals surface area (Å²) in [5.41, 5.74) is 8.52. The molecule has 0 bridgehead atoms. The number of guanidine groups is 1. The van der Waals surface area contributed by atoms with Crippen LogP contribution in [0.1, 0.15) is 31.2 Å². The summed E-state index contributed by atoms with van der Waals surface area (Å²) in [6.07, 6.45) is 5.09. The highest BCUT2D eigenvalue weighted by Gasteiger charge is 2.10. The third-order valence-electron chi connectivity index (χ3n) is 3.81. The first-order valence-corrected chi connectivity index (χ1v) is 7.48. The van der Waals surface area contributed by atoms with Crippen LogP contribution in [-0.2, 0) is 6.54 Å². The van der Waals surface area contributed by atoms with Gasteiger partial charge in [-0.3, -0.25) is 0 Å². The van der Waals surface area contributed by atoms with Crippen LogP contribution in [0.4, 0.5) is 5.69 Å². The number of nitrogens with zero attached hydrogens (tertiary/aromatic N) is 3. The molecule has 1 heterocycles. The lowest BCUT2D eigenvalue weighted by Crippen LogP contribution is -2.38. The summed E-state index contributed by atoms with van der Waals surface area (Å²) in [4.78, 5) is 8.86. The van der Waals surface area contributed by atoms with Crippen molar-refractivity contribution in [3.8, 4) is 0 Å². The molecule has 1 aromatic rings. The zero-order valence-corrected chi connectivity index (χ0v) is 15.4. The van der Waals surface area contributed by atoms with Crippen LogP contribution in [0.5, 0.6) is 0 Å². The second-order valence-corrected chi connectivity index (χ2v) is 5.64. The molecule has 1 fully saturated rings. The van der Waals surface area contributed by atoms with Gasteiger partial charge >= 0.3 is 0 Å². The van der Waals surface area contributed by atoms with E-state index in [4.69, 9.17) is 5.73 Å². The van der Waals surface area contributed by atoms with Crippen LogP contribution < -0.4 is 10.6 Å². The number of rotatable bonds is 3. The maximum atomic E-state index is 6.11. The van der Waals surface area contributed by atoms with Crippen molar-refractivity contribution in [2.45, 2.75) is 32.2 Å². The van der Waals surface area contributed by atoms with Crippen LogP contribution in [-0.4, -0.2) is 38.0 Å². The number of nitrogens with two attached hydrogens (primary N) is 1. The van der Waals surface area contributed by atoms with E-state index in [1.807, 2.05) is 14.1 Å². The molecule has 1 aliphatic heterocycles. The van der Waals surface area contributed by atoms with E-state index in [9.17, 15) is 0 Å². The van der Waals surface area contributed by atoms with Crippen molar-refractivity contribution < 1.29 is 0 Å². The highest BCUT2D eigenvalue weighted by atomic mass is 127. The van der Waals surface area contributed by atoms with Crippen molar-refractivity contribution in [1.82, 2.24) is 4.90 Å². The molecule has 0 radical (unpaired) electrons. The van der Waals surface area contributed by atoms with Crippen LogP contribution >= 0.6 is 24.0 Å². The highest BCUT2D eigenvalue weighted by Crippen LogP contribution is 2.13. The minimum atomic E-state index is 0. The summed E-state index contributed by atoms with van der Waals surface area (Å²) < 4.78 is 0. The first-order chi connectivity index (χ1) is 9.66. The van der Waals surface area contributed by atoms with Gasteiger partial charge in [-0.25, -0.2) is 4.99 Å². The van der Waals surface area contributed by atoms with Crippen LogP contribution in [0.25, 0.3) is 0 Å². The molecule has 1 aromatic carbocycles. The largest absolute Gasteiger partial charge is 0.378 e. The van der Waals surface area contributed by atoms with Gasteiger partial charge in [0.15, 0.2) is 5.96 Å². The third kappa shape index (κ3) is 5.73. The number of benzene rings is 1. The fourth-order valence-corrected chi connectivity index (χ4v) is 2.47. The second kappa shape index (κ2) is 9.12. The zero-order chi connectivity index (χ0) is 14.4. The Morgan fingerprint density at radius 1 is 1.10 bits per heavy atom. The number of likely N-dealkylation sites (tertiary alicyclic amines) is 1. The molecule has 1 saturated heterocycles. The Hall–Kier alpha value is -0.980. The lowest BCUT2D eigenvalue weighted by Gasteiger charge is -2.21. The van der Waals surface area contributed by atoms with Crippen LogP contribution in [0.2, 0.25) is 0 Å². The number of aliphatic imine (C=N–C) groups is 1. The molecule has 1 aliphatic rings. The Bertz CT molecular complexity index is 434. The average molecular weight is 402 g/mol. The molecule has 0 atom stereocenters. The molecule has 21 heavy (non-hydrogen) atoms. The molecular weight excluding hydrogens is 375 g/mol. The molecule has 0 spiro atoms. The molecule has 2 N–H and O–H groups in total. The molecule has 5 heteroatoms. The van der Waals surface area contributed by atoms with Gasteiger partial charge in [0.05, 0.1) is 6.54 Å². The lowest BCUT2D eigenvalue weighted by atomic mass is 10.2. The maximum Gasteiger partial charge on any atom is 0.191 e. The number of hydrogen-bond acceptors (Lipinski definition) is 2. The topological polar surface area (TPSA) is 44.9 Å². The van der Waals surface area contributed by atoms with Crippen LogP contribution in [0.15, 0.2) is 29.3 Å². The van der Waals surface area contributed by atoms with Gasteiger partial charge in [-0.2, -0.15) is 0 Å². The summed E-state index contributed by atoms with van der Waals surface area (Å²) in [6.45, 7) is 2.76. The van der Waals surface area contributed by atoms with Gasteiger partial charge in [0.25, 0.3) is 0 Å². The van der Waals surface area contributed by atoms with Crippen molar-refractivity contribution in [3.05, 3.63) is 29.8 Å². The van der Waals surface area contributed by atoms with E-state index >= 15 is 0 Å². The van der Waals surface area contributed by atoms with Crippen molar-refractivity contribution in [1.29, 1.82) is 0 Å². The van der Waals surface area contributed by atoms with Gasteiger partial charge in [-0.05, 0) is 30.5 Å². The van der Waals surface area contributed by atoms with Gasteiger partial charge in [0.1, 0.15) is 0 Å². The molecule has 0 saturated carbocycles. The standard InChI is InChI=1S/C16H26N4.HI/c1-19(2)15-9-7-14(8-10-15)13-18-16(17)20-11-5-3-4-6-12-20;/h7-10H,3-6,11-13H2,1-2H3,(H2,17,18);1H. The summed E-state index contributed by atoms with van der Waals surface area (Å²) in [6, 6.07) is 8.48. The lowest BCUT2D eigenvalue weighted by molar-refractivity contribution is 0.428. The quantitative estimate of drug-likeness (QED) is 0.480. The number of hydrogen-bond donors (Lipinski definition) is 1. The average Bonchev–Trinajstić information content (AvgIpc) is 2.74. The Morgan fingerprint density at radius 2 is 1.67 bits per heavy atom. The Balaban J connectivity index is 0.00000220. The van der Waals surface area contributed by atoms with E-state index in [-0.39, 0.29) is 24.0 Å². The summed E-state index contributed by atoms with van der Waals surface area (Å²) >= 11 is 0. The first kappa shape index (κ1) is 18.1. The first-order valence-electron chi connectivity index (χ1n) is 7.48. The van der Waals surface area contributed by atoms with E-state index in [1.165, 1.54) is 36.9 Å². The summed E-state index contributed by atoms with van der Waals surface area (Å²) in [5.74, 6) is 0.698. The van der Waals surface area contributed by atoms with Gasteiger partial charge in [-0.1, -0.05) is 25.0 Å². The predicted octanol–water partition coefficient (Wildman–Crippen LogP) is 3.06. The van der Waals surface area contributed by atoms with E-state index in [1.54, 1.807) is 0 Å². The molecule has 0 amide bonds.